The molecule has 0 spiro atoms. The standard InChI is InChI=1S/C18H25N3/c1-18(2,3)15-6-4-13(5-7-15)16-12-20-17(21-16)14-8-10-19-11-9-14/h4-7,12,14,19H,8-11H2,1-3H3,(H,20,21). The number of hydrogen-bond donors (Lipinski definition) is 2. The molecule has 1 aliphatic rings. The van der Waals surface area contributed by atoms with Gasteiger partial charge < -0.3 is 10.3 Å². The highest BCUT2D eigenvalue weighted by molar-refractivity contribution is 5.59. The zero-order chi connectivity index (χ0) is 14.9. The van der Waals surface area contributed by atoms with E-state index in [2.05, 4.69) is 60.3 Å². The van der Waals surface area contributed by atoms with Crippen LogP contribution < -0.4 is 5.32 Å². The van der Waals surface area contributed by atoms with Crippen LogP contribution in [0.4, 0.5) is 0 Å². The number of aromatic amines is 1. The summed E-state index contributed by atoms with van der Waals surface area (Å²) in [6.07, 6.45) is 4.33. The van der Waals surface area contributed by atoms with Crippen LogP contribution in [0.15, 0.2) is 30.5 Å². The molecule has 0 aliphatic carbocycles. The van der Waals surface area contributed by atoms with Crippen molar-refractivity contribution in [1.29, 1.82) is 0 Å². The molecule has 0 saturated carbocycles. The van der Waals surface area contributed by atoms with Crippen LogP contribution in [-0.4, -0.2) is 23.1 Å². The number of aromatic nitrogens is 2. The van der Waals surface area contributed by atoms with Crippen molar-refractivity contribution in [2.45, 2.75) is 44.9 Å². The fraction of sp³-hybridized carbons (Fsp3) is 0.500. The predicted octanol–water partition coefficient (Wildman–Crippen LogP) is 3.84. The molecular weight excluding hydrogens is 258 g/mol. The third kappa shape index (κ3) is 3.18. The van der Waals surface area contributed by atoms with Crippen molar-refractivity contribution in [1.82, 2.24) is 15.3 Å². The Kier molecular flexibility index (Phi) is 3.85. The fourth-order valence-electron chi connectivity index (χ4n) is 2.94. The Bertz CT molecular complexity index is 584. The Hall–Kier alpha value is -1.61. The molecule has 0 radical (unpaired) electrons. The lowest BCUT2D eigenvalue weighted by Gasteiger charge is -2.20. The van der Waals surface area contributed by atoms with Gasteiger partial charge in [-0.15, -0.1) is 0 Å². The maximum atomic E-state index is 4.60. The molecule has 3 heteroatoms. The molecule has 0 amide bonds. The van der Waals surface area contributed by atoms with E-state index in [1.165, 1.54) is 24.0 Å². The van der Waals surface area contributed by atoms with E-state index in [9.17, 15) is 0 Å². The molecule has 1 aromatic carbocycles. The number of nitrogens with zero attached hydrogens (tertiary/aromatic N) is 1. The van der Waals surface area contributed by atoms with Gasteiger partial charge in [0.15, 0.2) is 0 Å². The van der Waals surface area contributed by atoms with Crippen molar-refractivity contribution in [3.05, 3.63) is 41.9 Å². The second-order valence-electron chi connectivity index (χ2n) is 7.03. The van der Waals surface area contributed by atoms with Gasteiger partial charge in [0.2, 0.25) is 0 Å². The monoisotopic (exact) mass is 283 g/mol. The molecule has 1 aromatic heterocycles. The topological polar surface area (TPSA) is 40.7 Å². The van der Waals surface area contributed by atoms with Crippen LogP contribution in [0, 0.1) is 0 Å². The second kappa shape index (κ2) is 5.64. The first-order valence-electron chi connectivity index (χ1n) is 7.90. The van der Waals surface area contributed by atoms with E-state index in [0.717, 1.165) is 24.6 Å². The van der Waals surface area contributed by atoms with E-state index in [-0.39, 0.29) is 5.41 Å². The summed E-state index contributed by atoms with van der Waals surface area (Å²) in [5, 5.41) is 3.40. The van der Waals surface area contributed by atoms with Gasteiger partial charge in [-0.3, -0.25) is 0 Å². The van der Waals surface area contributed by atoms with Gasteiger partial charge in [0, 0.05) is 5.92 Å². The zero-order valence-electron chi connectivity index (χ0n) is 13.2. The molecule has 2 heterocycles. The van der Waals surface area contributed by atoms with E-state index in [4.69, 9.17) is 0 Å². The lowest BCUT2D eigenvalue weighted by atomic mass is 9.86. The first-order chi connectivity index (χ1) is 10.0. The smallest absolute Gasteiger partial charge is 0.109 e. The van der Waals surface area contributed by atoms with Gasteiger partial charge in [-0.05, 0) is 42.5 Å². The number of piperidine rings is 1. The van der Waals surface area contributed by atoms with E-state index in [1.54, 1.807) is 0 Å². The van der Waals surface area contributed by atoms with E-state index < -0.39 is 0 Å². The van der Waals surface area contributed by atoms with Crippen LogP contribution in [0.5, 0.6) is 0 Å². The summed E-state index contributed by atoms with van der Waals surface area (Å²) in [6, 6.07) is 8.83. The number of benzene rings is 1. The lowest BCUT2D eigenvalue weighted by Crippen LogP contribution is -2.27. The van der Waals surface area contributed by atoms with Crippen molar-refractivity contribution < 1.29 is 0 Å². The van der Waals surface area contributed by atoms with Crippen molar-refractivity contribution in [2.75, 3.05) is 13.1 Å². The fourth-order valence-corrected chi connectivity index (χ4v) is 2.94. The first-order valence-corrected chi connectivity index (χ1v) is 7.90. The van der Waals surface area contributed by atoms with E-state index >= 15 is 0 Å². The third-order valence-corrected chi connectivity index (χ3v) is 4.38. The largest absolute Gasteiger partial charge is 0.342 e. The minimum atomic E-state index is 0.201. The molecule has 0 bridgehead atoms. The number of H-pyrrole nitrogens is 1. The summed E-state index contributed by atoms with van der Waals surface area (Å²) in [5.74, 6) is 1.72. The molecule has 0 unspecified atom stereocenters. The average molecular weight is 283 g/mol. The van der Waals surface area contributed by atoms with Crippen LogP contribution in [0.2, 0.25) is 0 Å². The van der Waals surface area contributed by atoms with E-state index in [1.807, 2.05) is 6.20 Å². The molecule has 21 heavy (non-hydrogen) atoms. The van der Waals surface area contributed by atoms with Crippen LogP contribution in [0.1, 0.15) is 50.9 Å². The molecule has 112 valence electrons. The minimum Gasteiger partial charge on any atom is -0.342 e. The zero-order valence-corrected chi connectivity index (χ0v) is 13.2. The molecule has 1 saturated heterocycles. The van der Waals surface area contributed by atoms with Gasteiger partial charge in [0.25, 0.3) is 0 Å². The van der Waals surface area contributed by atoms with Crippen LogP contribution >= 0.6 is 0 Å². The quantitative estimate of drug-likeness (QED) is 0.879. The summed E-state index contributed by atoms with van der Waals surface area (Å²) in [4.78, 5) is 8.12. The van der Waals surface area contributed by atoms with Gasteiger partial charge in [0.1, 0.15) is 5.82 Å². The second-order valence-corrected chi connectivity index (χ2v) is 7.03. The van der Waals surface area contributed by atoms with Gasteiger partial charge in [-0.1, -0.05) is 45.0 Å². The molecule has 0 atom stereocenters. The molecular formula is C18H25N3. The average Bonchev–Trinajstić information content (AvgIpc) is 2.97. The molecule has 1 aliphatic heterocycles. The molecule has 2 N–H and O–H groups in total. The Morgan fingerprint density at radius 1 is 1.05 bits per heavy atom. The summed E-state index contributed by atoms with van der Waals surface area (Å²) < 4.78 is 0. The van der Waals surface area contributed by atoms with Crippen molar-refractivity contribution in [3.63, 3.8) is 0 Å². The maximum absolute atomic E-state index is 4.60. The molecule has 1 fully saturated rings. The number of imidazole rings is 1. The Morgan fingerprint density at radius 3 is 2.33 bits per heavy atom. The highest BCUT2D eigenvalue weighted by Gasteiger charge is 2.18. The molecule has 3 rings (SSSR count). The van der Waals surface area contributed by atoms with Crippen LogP contribution in [0.25, 0.3) is 11.3 Å². The maximum Gasteiger partial charge on any atom is 0.109 e. The number of nitrogens with one attached hydrogen (secondary N) is 2. The Labute approximate surface area is 127 Å². The number of rotatable bonds is 2. The summed E-state index contributed by atoms with van der Waals surface area (Å²) in [7, 11) is 0. The van der Waals surface area contributed by atoms with Gasteiger partial charge in [0.05, 0.1) is 11.9 Å². The van der Waals surface area contributed by atoms with Crippen LogP contribution in [-0.2, 0) is 5.41 Å². The summed E-state index contributed by atoms with van der Waals surface area (Å²) >= 11 is 0. The van der Waals surface area contributed by atoms with E-state index in [0.29, 0.717) is 5.92 Å². The molecule has 3 nitrogen and oxygen atoms in total. The Balaban J connectivity index is 1.79. The third-order valence-electron chi connectivity index (χ3n) is 4.38. The highest BCUT2D eigenvalue weighted by atomic mass is 14.9. The van der Waals surface area contributed by atoms with Crippen molar-refractivity contribution in [3.8, 4) is 11.3 Å². The SMILES string of the molecule is CC(C)(C)c1ccc(-c2cnc(C3CCNCC3)[nH]2)cc1. The Morgan fingerprint density at radius 2 is 1.71 bits per heavy atom. The van der Waals surface area contributed by atoms with Gasteiger partial charge in [-0.25, -0.2) is 4.98 Å². The van der Waals surface area contributed by atoms with Gasteiger partial charge >= 0.3 is 0 Å². The normalized spacial score (nSPS) is 17.1. The minimum absolute atomic E-state index is 0.201. The lowest BCUT2D eigenvalue weighted by molar-refractivity contribution is 0.447. The van der Waals surface area contributed by atoms with Crippen molar-refractivity contribution >= 4 is 0 Å². The number of hydrogen-bond acceptors (Lipinski definition) is 2. The predicted molar refractivity (Wildman–Crippen MR) is 87.6 cm³/mol. The highest BCUT2D eigenvalue weighted by Crippen LogP contribution is 2.28. The molecule has 2 aromatic rings. The van der Waals surface area contributed by atoms with Crippen molar-refractivity contribution in [2.24, 2.45) is 0 Å². The van der Waals surface area contributed by atoms with Crippen LogP contribution in [0.3, 0.4) is 0 Å². The van der Waals surface area contributed by atoms with Gasteiger partial charge in [-0.2, -0.15) is 0 Å². The summed E-state index contributed by atoms with van der Waals surface area (Å²) in [6.45, 7) is 8.93. The summed E-state index contributed by atoms with van der Waals surface area (Å²) in [5.41, 5.74) is 3.91. The first kappa shape index (κ1) is 14.3.